The first-order chi connectivity index (χ1) is 15.1. The Morgan fingerprint density at radius 1 is 0.677 bits per heavy atom. The van der Waals surface area contributed by atoms with E-state index in [0.29, 0.717) is 0 Å². The lowest BCUT2D eigenvalue weighted by molar-refractivity contribution is 0.413. The van der Waals surface area contributed by atoms with Crippen LogP contribution in [0.3, 0.4) is 0 Å². The van der Waals surface area contributed by atoms with Gasteiger partial charge in [0.2, 0.25) is 0 Å². The first-order valence-electron chi connectivity index (χ1n) is 11.0. The second-order valence-electron chi connectivity index (χ2n) is 7.90. The van der Waals surface area contributed by atoms with Crippen molar-refractivity contribution < 1.29 is 4.74 Å². The van der Waals surface area contributed by atoms with Gasteiger partial charge >= 0.3 is 0 Å². The SMILES string of the molecule is CCCCCc1cc(C#Cc2ccc(C)cc2)cc(OC)c1C#Cc1ccc(C)cc1. The second kappa shape index (κ2) is 11.1. The molecule has 0 aliphatic carbocycles. The van der Waals surface area contributed by atoms with Gasteiger partial charge in [0, 0.05) is 16.7 Å². The van der Waals surface area contributed by atoms with E-state index in [1.807, 2.05) is 6.07 Å². The number of aryl methyl sites for hydroxylation is 3. The van der Waals surface area contributed by atoms with Crippen LogP contribution in [0.2, 0.25) is 0 Å². The fourth-order valence-corrected chi connectivity index (χ4v) is 3.36. The van der Waals surface area contributed by atoms with Gasteiger partial charge in [-0.05, 0) is 68.7 Å². The summed E-state index contributed by atoms with van der Waals surface area (Å²) in [5, 5.41) is 0. The Labute approximate surface area is 187 Å². The largest absolute Gasteiger partial charge is 0.495 e. The van der Waals surface area contributed by atoms with Crippen LogP contribution in [-0.4, -0.2) is 7.11 Å². The molecule has 0 heterocycles. The third-order valence-corrected chi connectivity index (χ3v) is 5.24. The highest BCUT2D eigenvalue weighted by Gasteiger charge is 2.10. The molecule has 0 amide bonds. The molecular weight excluding hydrogens is 376 g/mol. The van der Waals surface area contributed by atoms with Gasteiger partial charge in [-0.3, -0.25) is 0 Å². The minimum Gasteiger partial charge on any atom is -0.495 e. The molecule has 0 unspecified atom stereocenters. The molecule has 31 heavy (non-hydrogen) atoms. The van der Waals surface area contributed by atoms with Crippen LogP contribution in [0.25, 0.3) is 0 Å². The summed E-state index contributed by atoms with van der Waals surface area (Å²) in [6, 6.07) is 20.8. The molecule has 0 saturated carbocycles. The molecule has 0 N–H and O–H groups in total. The number of unbranched alkanes of at least 4 members (excludes halogenated alkanes) is 2. The van der Waals surface area contributed by atoms with Crippen molar-refractivity contribution >= 4 is 0 Å². The first kappa shape index (κ1) is 22.3. The molecule has 0 spiro atoms. The Bertz CT molecular complexity index is 1130. The van der Waals surface area contributed by atoms with Gasteiger partial charge in [-0.1, -0.05) is 78.8 Å². The Kier molecular flexibility index (Phi) is 7.98. The van der Waals surface area contributed by atoms with Gasteiger partial charge in [-0.15, -0.1) is 0 Å². The van der Waals surface area contributed by atoms with Crippen LogP contribution in [0.5, 0.6) is 5.75 Å². The smallest absolute Gasteiger partial charge is 0.136 e. The minimum absolute atomic E-state index is 0.793. The van der Waals surface area contributed by atoms with Crippen LogP contribution in [0, 0.1) is 37.5 Å². The maximum atomic E-state index is 5.74. The van der Waals surface area contributed by atoms with Gasteiger partial charge < -0.3 is 4.74 Å². The van der Waals surface area contributed by atoms with E-state index >= 15 is 0 Å². The molecule has 1 nitrogen and oxygen atoms in total. The molecule has 3 aromatic rings. The number of hydrogen-bond acceptors (Lipinski definition) is 1. The molecule has 0 aliphatic rings. The predicted octanol–water partition coefficient (Wildman–Crippen LogP) is 6.84. The fourth-order valence-electron chi connectivity index (χ4n) is 3.36. The number of benzene rings is 3. The van der Waals surface area contributed by atoms with Gasteiger partial charge in [-0.2, -0.15) is 0 Å². The van der Waals surface area contributed by atoms with Gasteiger partial charge in [-0.25, -0.2) is 0 Å². The first-order valence-corrected chi connectivity index (χ1v) is 11.0. The third kappa shape index (κ3) is 6.53. The Hall–Kier alpha value is -3.42. The summed E-state index contributed by atoms with van der Waals surface area (Å²) in [5.74, 6) is 14.1. The van der Waals surface area contributed by atoms with Crippen LogP contribution in [0.1, 0.15) is 65.1 Å². The molecule has 156 valence electrons. The Morgan fingerprint density at radius 2 is 1.23 bits per heavy atom. The number of methoxy groups -OCH3 is 1. The number of rotatable bonds is 5. The Balaban J connectivity index is 1.99. The van der Waals surface area contributed by atoms with E-state index < -0.39 is 0 Å². The molecule has 0 fully saturated rings. The monoisotopic (exact) mass is 406 g/mol. The van der Waals surface area contributed by atoms with Crippen LogP contribution in [0.15, 0.2) is 60.7 Å². The van der Waals surface area contributed by atoms with E-state index in [4.69, 9.17) is 4.74 Å². The van der Waals surface area contributed by atoms with Crippen LogP contribution in [0.4, 0.5) is 0 Å². The van der Waals surface area contributed by atoms with Crippen LogP contribution < -0.4 is 4.74 Å². The molecule has 0 aromatic heterocycles. The lowest BCUT2D eigenvalue weighted by atomic mass is 9.97. The molecule has 0 atom stereocenters. The van der Waals surface area contributed by atoms with Crippen molar-refractivity contribution in [1.82, 2.24) is 0 Å². The zero-order valence-electron chi connectivity index (χ0n) is 19.0. The van der Waals surface area contributed by atoms with Crippen molar-refractivity contribution in [3.8, 4) is 29.4 Å². The predicted molar refractivity (Wildman–Crippen MR) is 131 cm³/mol. The average Bonchev–Trinajstić information content (AvgIpc) is 2.79. The van der Waals surface area contributed by atoms with Crippen molar-refractivity contribution in [1.29, 1.82) is 0 Å². The van der Waals surface area contributed by atoms with Crippen molar-refractivity contribution in [2.45, 2.75) is 46.5 Å². The van der Waals surface area contributed by atoms with Crippen molar-refractivity contribution in [2.75, 3.05) is 7.11 Å². The third-order valence-electron chi connectivity index (χ3n) is 5.24. The maximum Gasteiger partial charge on any atom is 0.136 e. The normalized spacial score (nSPS) is 9.94. The highest BCUT2D eigenvalue weighted by molar-refractivity contribution is 5.59. The van der Waals surface area contributed by atoms with Crippen LogP contribution in [-0.2, 0) is 6.42 Å². The van der Waals surface area contributed by atoms with Gasteiger partial charge in [0.15, 0.2) is 0 Å². The highest BCUT2D eigenvalue weighted by Crippen LogP contribution is 2.26. The van der Waals surface area contributed by atoms with E-state index in [9.17, 15) is 0 Å². The quantitative estimate of drug-likeness (QED) is 0.333. The molecule has 1 heteroatoms. The lowest BCUT2D eigenvalue weighted by Crippen LogP contribution is -1.98. The summed E-state index contributed by atoms with van der Waals surface area (Å²) in [7, 11) is 1.71. The zero-order chi connectivity index (χ0) is 22.1. The average molecular weight is 407 g/mol. The zero-order valence-corrected chi connectivity index (χ0v) is 19.0. The second-order valence-corrected chi connectivity index (χ2v) is 7.90. The van der Waals surface area contributed by atoms with E-state index in [-0.39, 0.29) is 0 Å². The highest BCUT2D eigenvalue weighted by atomic mass is 16.5. The van der Waals surface area contributed by atoms with Crippen molar-refractivity contribution in [3.63, 3.8) is 0 Å². The van der Waals surface area contributed by atoms with Gasteiger partial charge in [0.05, 0.1) is 12.7 Å². The summed E-state index contributed by atoms with van der Waals surface area (Å²) >= 11 is 0. The lowest BCUT2D eigenvalue weighted by Gasteiger charge is -2.11. The molecule has 3 aromatic carbocycles. The summed E-state index contributed by atoms with van der Waals surface area (Å²) in [6.45, 7) is 6.39. The summed E-state index contributed by atoms with van der Waals surface area (Å²) < 4.78 is 5.74. The Morgan fingerprint density at radius 3 is 1.77 bits per heavy atom. The van der Waals surface area contributed by atoms with E-state index in [0.717, 1.165) is 40.8 Å². The van der Waals surface area contributed by atoms with Crippen molar-refractivity contribution in [2.24, 2.45) is 0 Å². The maximum absolute atomic E-state index is 5.74. The summed E-state index contributed by atoms with van der Waals surface area (Å²) in [5.41, 5.74) is 7.64. The molecule has 0 bridgehead atoms. The standard InChI is InChI=1S/C30H30O/c1-5-6-7-8-28-21-27(18-17-25-13-9-23(2)10-14-25)22-30(31-4)29(28)20-19-26-15-11-24(3)12-16-26/h9-16,21-22H,5-8H2,1-4H3. The number of hydrogen-bond donors (Lipinski definition) is 0. The molecular formula is C30H30O. The minimum atomic E-state index is 0.793. The topological polar surface area (TPSA) is 9.23 Å². The van der Waals surface area contributed by atoms with Gasteiger partial charge in [0.25, 0.3) is 0 Å². The molecule has 3 rings (SSSR count). The molecule has 0 saturated heterocycles. The molecule has 0 aliphatic heterocycles. The van der Waals surface area contributed by atoms with Gasteiger partial charge in [0.1, 0.15) is 5.75 Å². The van der Waals surface area contributed by atoms with Crippen molar-refractivity contribution in [3.05, 3.63) is 99.6 Å². The van der Waals surface area contributed by atoms with E-state index in [2.05, 4.69) is 99.1 Å². The molecule has 0 radical (unpaired) electrons. The summed E-state index contributed by atoms with van der Waals surface area (Å²) in [4.78, 5) is 0. The van der Waals surface area contributed by atoms with Crippen LogP contribution >= 0.6 is 0 Å². The fraction of sp³-hybridized carbons (Fsp3) is 0.267. The number of ether oxygens (including phenoxy) is 1. The van der Waals surface area contributed by atoms with E-state index in [1.165, 1.54) is 29.5 Å². The van der Waals surface area contributed by atoms with E-state index in [1.54, 1.807) is 7.11 Å². The summed E-state index contributed by atoms with van der Waals surface area (Å²) in [6.07, 6.45) is 4.50.